The number of alkyl halides is 3. The lowest BCUT2D eigenvalue weighted by atomic mass is 9.99. The number of nitrogens with one attached hydrogen (secondary N) is 2. The fraction of sp³-hybridized carbons (Fsp3) is 0.400. The highest BCUT2D eigenvalue weighted by atomic mass is 32.2. The summed E-state index contributed by atoms with van der Waals surface area (Å²) in [5.41, 5.74) is 8.31. The van der Waals surface area contributed by atoms with Crippen LogP contribution in [0.1, 0.15) is 25.5 Å². The average Bonchev–Trinajstić information content (AvgIpc) is 2.70. The molecule has 0 aliphatic heterocycles. The van der Waals surface area contributed by atoms with Crippen molar-refractivity contribution in [1.82, 2.24) is 10.4 Å². The molecule has 0 spiro atoms. The molecular weight excluding hydrogens is 447 g/mol. The molecule has 2 atom stereocenters. The molecule has 0 radical (unpaired) electrons. The Labute approximate surface area is 185 Å². The number of halogens is 3. The number of hydrogen-bond donors (Lipinski definition) is 2. The van der Waals surface area contributed by atoms with Gasteiger partial charge in [-0.1, -0.05) is 29.5 Å². The van der Waals surface area contributed by atoms with Crippen molar-refractivity contribution >= 4 is 15.5 Å². The van der Waals surface area contributed by atoms with Gasteiger partial charge in [0.25, 0.3) is 0 Å². The molecular formula is C20H26F3N5O3S. The summed E-state index contributed by atoms with van der Waals surface area (Å²) in [5.74, 6) is 0. The maximum Gasteiger partial charge on any atom is 0.524 e. The maximum absolute atomic E-state index is 12.3. The van der Waals surface area contributed by atoms with Gasteiger partial charge in [-0.15, -0.1) is 18.3 Å². The van der Waals surface area contributed by atoms with Crippen molar-refractivity contribution in [2.75, 3.05) is 25.8 Å². The molecule has 176 valence electrons. The Morgan fingerprint density at radius 2 is 1.75 bits per heavy atom. The molecule has 8 nitrogen and oxygen atoms in total. The summed E-state index contributed by atoms with van der Waals surface area (Å²) < 4.78 is 64.5. The van der Waals surface area contributed by atoms with Crippen LogP contribution in [0.4, 0.5) is 18.9 Å². The Kier molecular flexibility index (Phi) is 8.35. The lowest BCUT2D eigenvalue weighted by Crippen LogP contribution is -2.33. The average molecular weight is 474 g/mol. The van der Waals surface area contributed by atoms with E-state index in [1.807, 2.05) is 31.1 Å². The second-order valence-corrected chi connectivity index (χ2v) is 9.12. The van der Waals surface area contributed by atoms with Gasteiger partial charge in [0.2, 0.25) is 0 Å². The van der Waals surface area contributed by atoms with Crippen molar-refractivity contribution in [3.8, 4) is 11.1 Å². The van der Waals surface area contributed by atoms with E-state index in [2.05, 4.69) is 25.9 Å². The number of benzene rings is 2. The Morgan fingerprint density at radius 1 is 1.09 bits per heavy atom. The SMILES string of the molecule is CNN(C)C(C)c1ccc(-c2cccc(S(C)(=O)=O)c2)cc1NN=NC(C)OC(F)(F)F. The molecule has 32 heavy (non-hydrogen) atoms. The van der Waals surface area contributed by atoms with Crippen LogP contribution >= 0.6 is 0 Å². The number of rotatable bonds is 9. The molecule has 0 saturated carbocycles. The predicted octanol–water partition coefficient (Wildman–Crippen LogP) is 4.55. The molecule has 0 fully saturated rings. The normalized spacial score (nSPS) is 14.7. The van der Waals surface area contributed by atoms with E-state index in [1.165, 1.54) is 6.07 Å². The summed E-state index contributed by atoms with van der Waals surface area (Å²) in [6.07, 6.45) is -5.22. The second-order valence-electron chi connectivity index (χ2n) is 7.10. The maximum atomic E-state index is 12.3. The van der Waals surface area contributed by atoms with Crippen LogP contribution in [0.15, 0.2) is 57.7 Å². The summed E-state index contributed by atoms with van der Waals surface area (Å²) in [4.78, 5) is 0.176. The van der Waals surface area contributed by atoms with Crippen LogP contribution < -0.4 is 10.9 Å². The number of ether oxygens (including phenoxy) is 1. The topological polar surface area (TPSA) is 95.4 Å². The van der Waals surface area contributed by atoms with Gasteiger partial charge in [0.05, 0.1) is 10.6 Å². The highest BCUT2D eigenvalue weighted by Gasteiger charge is 2.32. The molecule has 0 aliphatic rings. The van der Waals surface area contributed by atoms with E-state index in [9.17, 15) is 21.6 Å². The smallest absolute Gasteiger partial charge is 0.265 e. The van der Waals surface area contributed by atoms with Crippen molar-refractivity contribution in [3.63, 3.8) is 0 Å². The van der Waals surface area contributed by atoms with Crippen molar-refractivity contribution < 1.29 is 26.3 Å². The Balaban J connectivity index is 2.42. The minimum Gasteiger partial charge on any atom is -0.265 e. The first-order valence-corrected chi connectivity index (χ1v) is 11.5. The van der Waals surface area contributed by atoms with Gasteiger partial charge < -0.3 is 0 Å². The third kappa shape index (κ3) is 7.26. The van der Waals surface area contributed by atoms with Gasteiger partial charge in [-0.3, -0.25) is 15.6 Å². The zero-order chi connectivity index (χ0) is 24.1. The Morgan fingerprint density at radius 3 is 2.34 bits per heavy atom. The highest BCUT2D eigenvalue weighted by molar-refractivity contribution is 7.90. The fourth-order valence-corrected chi connectivity index (χ4v) is 3.55. The molecule has 0 heterocycles. The summed E-state index contributed by atoms with van der Waals surface area (Å²) in [5, 5.41) is 8.97. The molecule has 0 aliphatic carbocycles. The van der Waals surface area contributed by atoms with E-state index in [0.717, 1.165) is 18.7 Å². The molecule has 0 aromatic heterocycles. The van der Waals surface area contributed by atoms with E-state index in [4.69, 9.17) is 0 Å². The Hall–Kier alpha value is -2.54. The standard InChI is InChI=1S/C20H26F3N5O3S/c1-13(28(4)24-3)18-10-9-16(15-7-6-8-17(11-15)32(5,29)30)12-19(18)26-27-25-14(2)31-20(21,22)23/h6-14,24H,1-5H3,(H,25,26). The molecule has 2 aromatic carbocycles. The summed E-state index contributed by atoms with van der Waals surface area (Å²) in [6.45, 7) is 3.04. The van der Waals surface area contributed by atoms with E-state index < -0.39 is 22.4 Å². The van der Waals surface area contributed by atoms with Crippen LogP contribution in [-0.2, 0) is 14.6 Å². The second kappa shape index (κ2) is 10.4. The number of hydrogen-bond acceptors (Lipinski definition) is 7. The molecule has 0 amide bonds. The van der Waals surface area contributed by atoms with Crippen LogP contribution in [0.5, 0.6) is 0 Å². The molecule has 0 saturated heterocycles. The quantitative estimate of drug-likeness (QED) is 0.410. The van der Waals surface area contributed by atoms with E-state index in [0.29, 0.717) is 16.8 Å². The largest absolute Gasteiger partial charge is 0.524 e. The fourth-order valence-electron chi connectivity index (χ4n) is 2.89. The number of hydrazine groups is 1. The lowest BCUT2D eigenvalue weighted by molar-refractivity contribution is -0.339. The third-order valence-corrected chi connectivity index (χ3v) is 5.84. The Bertz CT molecular complexity index is 1060. The predicted molar refractivity (Wildman–Crippen MR) is 115 cm³/mol. The first kappa shape index (κ1) is 25.7. The summed E-state index contributed by atoms with van der Waals surface area (Å²) in [7, 11) is 0.198. The monoisotopic (exact) mass is 473 g/mol. The van der Waals surface area contributed by atoms with Crippen LogP contribution in [0.25, 0.3) is 11.1 Å². The van der Waals surface area contributed by atoms with E-state index >= 15 is 0 Å². The molecule has 0 bridgehead atoms. The molecule has 2 N–H and O–H groups in total. The number of anilines is 1. The summed E-state index contributed by atoms with van der Waals surface area (Å²) in [6, 6.07) is 11.7. The van der Waals surface area contributed by atoms with Crippen molar-refractivity contribution in [3.05, 3.63) is 48.0 Å². The lowest BCUT2D eigenvalue weighted by Gasteiger charge is -2.26. The van der Waals surface area contributed by atoms with Crippen molar-refractivity contribution in [2.24, 2.45) is 10.3 Å². The van der Waals surface area contributed by atoms with Crippen LogP contribution in [0, 0.1) is 0 Å². The summed E-state index contributed by atoms with van der Waals surface area (Å²) >= 11 is 0. The van der Waals surface area contributed by atoms with Gasteiger partial charge in [0, 0.05) is 19.3 Å². The van der Waals surface area contributed by atoms with Gasteiger partial charge in [-0.25, -0.2) is 13.4 Å². The minimum absolute atomic E-state index is 0.141. The number of nitrogens with zero attached hydrogens (tertiary/aromatic N) is 3. The first-order chi connectivity index (χ1) is 14.8. The molecule has 2 unspecified atom stereocenters. The molecule has 12 heteroatoms. The van der Waals surface area contributed by atoms with Crippen LogP contribution in [0.3, 0.4) is 0 Å². The zero-order valence-electron chi connectivity index (χ0n) is 18.3. The van der Waals surface area contributed by atoms with Crippen molar-refractivity contribution in [2.45, 2.75) is 37.4 Å². The highest BCUT2D eigenvalue weighted by Crippen LogP contribution is 2.32. The van der Waals surface area contributed by atoms with Gasteiger partial charge in [-0.05, 0) is 55.8 Å². The van der Waals surface area contributed by atoms with Crippen LogP contribution in [0.2, 0.25) is 0 Å². The van der Waals surface area contributed by atoms with Crippen LogP contribution in [-0.4, -0.2) is 46.4 Å². The molecule has 2 aromatic rings. The zero-order valence-corrected chi connectivity index (χ0v) is 19.1. The number of sulfone groups is 1. The first-order valence-electron chi connectivity index (χ1n) is 9.57. The van der Waals surface area contributed by atoms with Gasteiger partial charge >= 0.3 is 6.36 Å². The third-order valence-electron chi connectivity index (χ3n) is 4.73. The molecule has 2 rings (SSSR count). The van der Waals surface area contributed by atoms with Crippen molar-refractivity contribution in [1.29, 1.82) is 0 Å². The minimum atomic E-state index is -4.82. The van der Waals surface area contributed by atoms with Gasteiger partial charge in [0.15, 0.2) is 16.1 Å². The van der Waals surface area contributed by atoms with Gasteiger partial charge in [0.1, 0.15) is 0 Å². The van der Waals surface area contributed by atoms with Gasteiger partial charge in [-0.2, -0.15) is 0 Å². The van der Waals surface area contributed by atoms with E-state index in [1.54, 1.807) is 31.3 Å². The van der Waals surface area contributed by atoms with E-state index in [-0.39, 0.29) is 10.9 Å².